The normalized spacial score (nSPS) is 23.0. The summed E-state index contributed by atoms with van der Waals surface area (Å²) in [5.41, 5.74) is 1.47. The summed E-state index contributed by atoms with van der Waals surface area (Å²) in [6.45, 7) is 4.04. The van der Waals surface area contributed by atoms with Crippen LogP contribution in [0.5, 0.6) is 0 Å². The molecule has 2 aromatic heterocycles. The van der Waals surface area contributed by atoms with Gasteiger partial charge in [-0.1, -0.05) is 0 Å². The van der Waals surface area contributed by atoms with E-state index >= 15 is 0 Å². The molecule has 1 saturated heterocycles. The quantitative estimate of drug-likeness (QED) is 0.935. The van der Waals surface area contributed by atoms with E-state index in [-0.39, 0.29) is 12.1 Å². The second-order valence-corrected chi connectivity index (χ2v) is 7.68. The van der Waals surface area contributed by atoms with Crippen LogP contribution in [0.1, 0.15) is 36.6 Å². The van der Waals surface area contributed by atoms with Crippen LogP contribution in [0.15, 0.2) is 6.33 Å². The lowest BCUT2D eigenvalue weighted by molar-refractivity contribution is 0.0719. The highest BCUT2D eigenvalue weighted by atomic mass is 32.1. The van der Waals surface area contributed by atoms with Gasteiger partial charge in [0.05, 0.1) is 30.7 Å². The third kappa shape index (κ3) is 2.84. The van der Waals surface area contributed by atoms with E-state index in [9.17, 15) is 5.11 Å². The summed E-state index contributed by atoms with van der Waals surface area (Å²) in [4.78, 5) is 14.1. The molecular weight excluding hydrogens is 310 g/mol. The Hall–Kier alpha value is -1.24. The smallest absolute Gasteiger partial charge is 0.141 e. The van der Waals surface area contributed by atoms with Crippen molar-refractivity contribution in [3.05, 3.63) is 16.8 Å². The number of rotatable bonds is 3. The number of hydrogen-bond donors (Lipinski definition) is 1. The number of aryl methyl sites for hydroxylation is 2. The van der Waals surface area contributed by atoms with Crippen LogP contribution in [-0.4, -0.2) is 47.0 Å². The number of ether oxygens (including phenoxy) is 1. The number of aliphatic hydroxyl groups is 1. The van der Waals surface area contributed by atoms with Crippen molar-refractivity contribution in [2.24, 2.45) is 0 Å². The summed E-state index contributed by atoms with van der Waals surface area (Å²) >= 11 is 1.83. The summed E-state index contributed by atoms with van der Waals surface area (Å²) in [6, 6.07) is 0.181. The van der Waals surface area contributed by atoms with Gasteiger partial charge in [0.15, 0.2) is 0 Å². The van der Waals surface area contributed by atoms with Crippen molar-refractivity contribution in [3.63, 3.8) is 0 Å². The van der Waals surface area contributed by atoms with Crippen molar-refractivity contribution in [2.45, 2.75) is 51.2 Å². The third-order valence-corrected chi connectivity index (χ3v) is 6.04. The van der Waals surface area contributed by atoms with Crippen molar-refractivity contribution >= 4 is 27.4 Å². The van der Waals surface area contributed by atoms with E-state index in [1.165, 1.54) is 35.1 Å². The van der Waals surface area contributed by atoms with Crippen LogP contribution >= 0.6 is 11.3 Å². The first-order chi connectivity index (χ1) is 11.2. The van der Waals surface area contributed by atoms with E-state index in [2.05, 4.69) is 14.9 Å². The molecule has 5 nitrogen and oxygen atoms in total. The second kappa shape index (κ2) is 6.34. The predicted molar refractivity (Wildman–Crippen MR) is 92.3 cm³/mol. The van der Waals surface area contributed by atoms with Gasteiger partial charge in [0.2, 0.25) is 0 Å². The van der Waals surface area contributed by atoms with Crippen LogP contribution in [0, 0.1) is 0 Å². The predicted octanol–water partition coefficient (Wildman–Crippen LogP) is 2.55. The number of morpholine rings is 1. The molecule has 1 aliphatic heterocycles. The highest BCUT2D eigenvalue weighted by Crippen LogP contribution is 2.40. The van der Waals surface area contributed by atoms with Crippen LogP contribution in [0.3, 0.4) is 0 Å². The van der Waals surface area contributed by atoms with Gasteiger partial charge in [-0.3, -0.25) is 0 Å². The number of nitrogens with zero attached hydrogens (tertiary/aromatic N) is 3. The average molecular weight is 333 g/mol. The minimum atomic E-state index is -0.335. The SMILES string of the molecule is CC(O)CC1COCCN1c1ncnc2sc3c(c12)CCCC3. The topological polar surface area (TPSA) is 58.5 Å². The van der Waals surface area contributed by atoms with Crippen LogP contribution in [0.25, 0.3) is 10.2 Å². The van der Waals surface area contributed by atoms with Gasteiger partial charge in [-0.05, 0) is 44.6 Å². The van der Waals surface area contributed by atoms with E-state index in [1.54, 1.807) is 6.33 Å². The van der Waals surface area contributed by atoms with Crippen LogP contribution < -0.4 is 4.90 Å². The maximum absolute atomic E-state index is 9.82. The van der Waals surface area contributed by atoms with E-state index in [0.29, 0.717) is 19.6 Å². The molecule has 0 aromatic carbocycles. The highest BCUT2D eigenvalue weighted by Gasteiger charge is 2.29. The Labute approximate surface area is 140 Å². The van der Waals surface area contributed by atoms with Gasteiger partial charge < -0.3 is 14.7 Å². The molecule has 2 aliphatic rings. The minimum Gasteiger partial charge on any atom is -0.393 e. The molecule has 2 unspecified atom stereocenters. The molecule has 3 heterocycles. The van der Waals surface area contributed by atoms with Crippen LogP contribution in [0.2, 0.25) is 0 Å². The summed E-state index contributed by atoms with van der Waals surface area (Å²) in [7, 11) is 0. The number of anilines is 1. The first-order valence-corrected chi connectivity index (χ1v) is 9.33. The first kappa shape index (κ1) is 15.3. The van der Waals surface area contributed by atoms with E-state index < -0.39 is 0 Å². The van der Waals surface area contributed by atoms with Crippen molar-refractivity contribution < 1.29 is 9.84 Å². The van der Waals surface area contributed by atoms with E-state index in [0.717, 1.165) is 23.6 Å². The van der Waals surface area contributed by atoms with Crippen molar-refractivity contribution in [2.75, 3.05) is 24.7 Å². The Morgan fingerprint density at radius 2 is 2.26 bits per heavy atom. The molecular formula is C17H23N3O2S. The molecule has 2 aromatic rings. The fourth-order valence-electron chi connectivity index (χ4n) is 3.81. The molecule has 1 fully saturated rings. The number of fused-ring (bicyclic) bond motifs is 3. The zero-order valence-electron chi connectivity index (χ0n) is 13.5. The molecule has 0 radical (unpaired) electrons. The number of aliphatic hydroxyl groups excluding tert-OH is 1. The van der Waals surface area contributed by atoms with E-state index in [4.69, 9.17) is 4.74 Å². The molecule has 0 bridgehead atoms. The molecule has 2 atom stereocenters. The first-order valence-electron chi connectivity index (χ1n) is 8.51. The molecule has 0 saturated carbocycles. The lowest BCUT2D eigenvalue weighted by Crippen LogP contribution is -2.47. The Bertz CT molecular complexity index is 700. The van der Waals surface area contributed by atoms with Gasteiger partial charge in [-0.25, -0.2) is 9.97 Å². The summed E-state index contributed by atoms with van der Waals surface area (Å²) in [6.07, 6.45) is 6.92. The van der Waals surface area contributed by atoms with E-state index in [1.807, 2.05) is 18.3 Å². The zero-order valence-corrected chi connectivity index (χ0v) is 14.3. The third-order valence-electron chi connectivity index (χ3n) is 4.84. The highest BCUT2D eigenvalue weighted by molar-refractivity contribution is 7.19. The largest absolute Gasteiger partial charge is 0.393 e. The fraction of sp³-hybridized carbons (Fsp3) is 0.647. The van der Waals surface area contributed by atoms with Crippen molar-refractivity contribution in [1.82, 2.24) is 9.97 Å². The standard InChI is InChI=1S/C17H23N3O2S/c1-11(21)8-12-9-22-7-6-20(12)16-15-13-4-2-3-5-14(13)23-17(15)19-10-18-16/h10-12,21H,2-9H2,1H3. The Morgan fingerprint density at radius 3 is 3.13 bits per heavy atom. The molecule has 6 heteroatoms. The van der Waals surface area contributed by atoms with Gasteiger partial charge in [0, 0.05) is 11.4 Å². The Kier molecular flexibility index (Phi) is 4.22. The van der Waals surface area contributed by atoms with Gasteiger partial charge in [0.25, 0.3) is 0 Å². The van der Waals surface area contributed by atoms with Gasteiger partial charge in [-0.2, -0.15) is 0 Å². The van der Waals surface area contributed by atoms with Gasteiger partial charge in [-0.15, -0.1) is 11.3 Å². The fourth-order valence-corrected chi connectivity index (χ4v) is 5.04. The monoisotopic (exact) mass is 333 g/mol. The van der Waals surface area contributed by atoms with Crippen molar-refractivity contribution in [3.8, 4) is 0 Å². The molecule has 0 spiro atoms. The summed E-state index contributed by atoms with van der Waals surface area (Å²) < 4.78 is 5.65. The van der Waals surface area contributed by atoms with Crippen LogP contribution in [-0.2, 0) is 17.6 Å². The minimum absolute atomic E-state index is 0.181. The maximum Gasteiger partial charge on any atom is 0.141 e. The molecule has 4 rings (SSSR count). The lowest BCUT2D eigenvalue weighted by atomic mass is 9.96. The molecule has 0 amide bonds. The van der Waals surface area contributed by atoms with Gasteiger partial charge in [0.1, 0.15) is 17.0 Å². The second-order valence-electron chi connectivity index (χ2n) is 6.60. The molecule has 23 heavy (non-hydrogen) atoms. The average Bonchev–Trinajstić information content (AvgIpc) is 2.93. The Morgan fingerprint density at radius 1 is 1.39 bits per heavy atom. The maximum atomic E-state index is 9.82. The number of thiophene rings is 1. The lowest BCUT2D eigenvalue weighted by Gasteiger charge is -2.37. The van der Waals surface area contributed by atoms with Gasteiger partial charge >= 0.3 is 0 Å². The zero-order chi connectivity index (χ0) is 15.8. The summed E-state index contributed by atoms with van der Waals surface area (Å²) in [5, 5.41) is 11.1. The number of hydrogen-bond acceptors (Lipinski definition) is 6. The number of aromatic nitrogens is 2. The van der Waals surface area contributed by atoms with Crippen molar-refractivity contribution in [1.29, 1.82) is 0 Å². The summed E-state index contributed by atoms with van der Waals surface area (Å²) in [5.74, 6) is 1.04. The molecule has 124 valence electrons. The molecule has 1 aliphatic carbocycles. The van der Waals surface area contributed by atoms with Crippen LogP contribution in [0.4, 0.5) is 5.82 Å². The molecule has 1 N–H and O–H groups in total. The Balaban J connectivity index is 1.79.